The summed E-state index contributed by atoms with van der Waals surface area (Å²) in [5.41, 5.74) is 8.26. The summed E-state index contributed by atoms with van der Waals surface area (Å²) in [4.78, 5) is 17.0. The molecule has 2 unspecified atom stereocenters. The van der Waals surface area contributed by atoms with Crippen molar-refractivity contribution in [3.8, 4) is 0 Å². The van der Waals surface area contributed by atoms with Gasteiger partial charge in [-0.15, -0.1) is 0 Å². The van der Waals surface area contributed by atoms with Gasteiger partial charge in [0, 0.05) is 19.6 Å². The normalized spacial score (nSPS) is 19.7. The molecule has 1 aliphatic rings. The van der Waals surface area contributed by atoms with E-state index in [2.05, 4.69) is 18.7 Å². The first-order valence-electron chi connectivity index (χ1n) is 8.38. The van der Waals surface area contributed by atoms with Crippen LogP contribution in [-0.2, 0) is 4.79 Å². The molecule has 1 aromatic carbocycles. The lowest BCUT2D eigenvalue weighted by molar-refractivity contribution is -0.131. The van der Waals surface area contributed by atoms with Gasteiger partial charge in [-0.25, -0.2) is 0 Å². The quantitative estimate of drug-likeness (QED) is 0.876. The number of hydrogen-bond donors (Lipinski definition) is 1. The Morgan fingerprint density at radius 2 is 1.95 bits per heavy atom. The van der Waals surface area contributed by atoms with Crippen LogP contribution in [0.4, 0.5) is 0 Å². The van der Waals surface area contributed by atoms with Gasteiger partial charge in [0.05, 0.1) is 0 Å². The summed E-state index contributed by atoms with van der Waals surface area (Å²) in [6.07, 6.45) is 1.09. The summed E-state index contributed by atoms with van der Waals surface area (Å²) in [6, 6.07) is 7.40. The summed E-state index contributed by atoms with van der Waals surface area (Å²) in [5.74, 6) is 0.639. The zero-order valence-electron chi connectivity index (χ0n) is 14.1. The smallest absolute Gasteiger partial charge is 0.244 e. The molecule has 0 radical (unpaired) electrons. The molecule has 2 N–H and O–H groups in total. The monoisotopic (exact) mass is 303 g/mol. The van der Waals surface area contributed by atoms with Crippen molar-refractivity contribution in [2.45, 2.75) is 33.2 Å². The number of nitrogens with two attached hydrogens (primary N) is 1. The van der Waals surface area contributed by atoms with Crippen molar-refractivity contribution in [3.63, 3.8) is 0 Å². The Morgan fingerprint density at radius 1 is 1.32 bits per heavy atom. The van der Waals surface area contributed by atoms with Gasteiger partial charge in [-0.2, -0.15) is 0 Å². The number of carbonyl (C=O) groups excluding carboxylic acids is 1. The number of hydrogen-bond acceptors (Lipinski definition) is 3. The molecule has 0 saturated carbocycles. The molecule has 4 heteroatoms. The second kappa shape index (κ2) is 7.75. The average molecular weight is 303 g/mol. The maximum atomic E-state index is 12.6. The molecule has 122 valence electrons. The second-order valence-electron chi connectivity index (χ2n) is 6.31. The van der Waals surface area contributed by atoms with E-state index in [-0.39, 0.29) is 5.91 Å². The fraction of sp³-hybridized carbons (Fsp3) is 0.611. The highest BCUT2D eigenvalue weighted by Crippen LogP contribution is 2.22. The molecule has 1 aromatic rings. The van der Waals surface area contributed by atoms with E-state index in [1.165, 1.54) is 5.56 Å². The molecule has 0 spiro atoms. The van der Waals surface area contributed by atoms with E-state index in [9.17, 15) is 4.79 Å². The second-order valence-corrected chi connectivity index (χ2v) is 6.31. The van der Waals surface area contributed by atoms with Crippen LogP contribution in [0.15, 0.2) is 24.3 Å². The van der Waals surface area contributed by atoms with Crippen molar-refractivity contribution >= 4 is 5.91 Å². The molecule has 0 aromatic heterocycles. The third-order valence-electron chi connectivity index (χ3n) is 4.71. The summed E-state index contributed by atoms with van der Waals surface area (Å²) in [5, 5.41) is 0. The van der Waals surface area contributed by atoms with Crippen LogP contribution < -0.4 is 5.73 Å². The zero-order chi connectivity index (χ0) is 16.1. The van der Waals surface area contributed by atoms with Gasteiger partial charge in [0.25, 0.3) is 0 Å². The third-order valence-corrected chi connectivity index (χ3v) is 4.71. The summed E-state index contributed by atoms with van der Waals surface area (Å²) in [7, 11) is 0. The highest BCUT2D eigenvalue weighted by Gasteiger charge is 2.30. The maximum absolute atomic E-state index is 12.6. The van der Waals surface area contributed by atoms with E-state index >= 15 is 0 Å². The number of aryl methyl sites for hydroxylation is 1. The van der Waals surface area contributed by atoms with E-state index in [4.69, 9.17) is 5.73 Å². The molecule has 4 nitrogen and oxygen atoms in total. The number of nitrogens with zero attached hydrogens (tertiary/aromatic N) is 2. The molecule has 2 rings (SSSR count). The fourth-order valence-electron chi connectivity index (χ4n) is 3.14. The van der Waals surface area contributed by atoms with Gasteiger partial charge in [0.2, 0.25) is 5.91 Å². The Labute approximate surface area is 134 Å². The van der Waals surface area contributed by atoms with Crippen LogP contribution in [0.1, 0.15) is 37.4 Å². The summed E-state index contributed by atoms with van der Waals surface area (Å²) >= 11 is 0. The van der Waals surface area contributed by atoms with Crippen LogP contribution in [-0.4, -0.2) is 48.4 Å². The number of benzene rings is 1. The maximum Gasteiger partial charge on any atom is 0.244 e. The minimum atomic E-state index is -0.534. The molecule has 1 heterocycles. The Bertz CT molecular complexity index is 482. The topological polar surface area (TPSA) is 49.6 Å². The minimum Gasteiger partial charge on any atom is -0.341 e. The van der Waals surface area contributed by atoms with Crippen molar-refractivity contribution in [2.24, 2.45) is 11.7 Å². The molecule has 1 amide bonds. The molecule has 1 fully saturated rings. The van der Waals surface area contributed by atoms with Crippen LogP contribution in [0.5, 0.6) is 0 Å². The van der Waals surface area contributed by atoms with Gasteiger partial charge >= 0.3 is 0 Å². The van der Waals surface area contributed by atoms with E-state index < -0.39 is 6.04 Å². The molecule has 1 saturated heterocycles. The standard InChI is InChI=1S/C18H29N3O/c1-4-20(5-2)12-15-10-11-21(13-15)18(22)17(19)16-8-6-14(3)7-9-16/h6-9,15,17H,4-5,10-13,19H2,1-3H3. The molecule has 0 bridgehead atoms. The summed E-state index contributed by atoms with van der Waals surface area (Å²) < 4.78 is 0. The van der Waals surface area contributed by atoms with Crippen LogP contribution in [0.3, 0.4) is 0 Å². The Balaban J connectivity index is 1.92. The Morgan fingerprint density at radius 3 is 2.55 bits per heavy atom. The number of carbonyl (C=O) groups is 1. The Kier molecular flexibility index (Phi) is 5.98. The zero-order valence-corrected chi connectivity index (χ0v) is 14.1. The number of likely N-dealkylation sites (tertiary alicyclic amines) is 1. The average Bonchev–Trinajstić information content (AvgIpc) is 3.00. The molecular weight excluding hydrogens is 274 g/mol. The highest BCUT2D eigenvalue weighted by atomic mass is 16.2. The summed E-state index contributed by atoms with van der Waals surface area (Å²) in [6.45, 7) is 11.3. The fourth-order valence-corrected chi connectivity index (χ4v) is 3.14. The number of amides is 1. The van der Waals surface area contributed by atoms with Crippen LogP contribution in [0, 0.1) is 12.8 Å². The predicted octanol–water partition coefficient (Wildman–Crippen LogP) is 2.19. The van der Waals surface area contributed by atoms with E-state index in [0.29, 0.717) is 5.92 Å². The first-order chi connectivity index (χ1) is 10.5. The largest absolute Gasteiger partial charge is 0.341 e. The van der Waals surface area contributed by atoms with Gasteiger partial charge < -0.3 is 15.5 Å². The SMILES string of the molecule is CCN(CC)CC1CCN(C(=O)C(N)c2ccc(C)cc2)C1. The van der Waals surface area contributed by atoms with Crippen molar-refractivity contribution in [3.05, 3.63) is 35.4 Å². The lowest BCUT2D eigenvalue weighted by Crippen LogP contribution is -2.38. The molecular formula is C18H29N3O. The molecule has 1 aliphatic heterocycles. The lowest BCUT2D eigenvalue weighted by atomic mass is 10.0. The molecule has 22 heavy (non-hydrogen) atoms. The van der Waals surface area contributed by atoms with E-state index in [1.807, 2.05) is 36.1 Å². The van der Waals surface area contributed by atoms with E-state index in [1.54, 1.807) is 0 Å². The third kappa shape index (κ3) is 4.08. The van der Waals surface area contributed by atoms with Gasteiger partial charge in [-0.1, -0.05) is 43.7 Å². The van der Waals surface area contributed by atoms with Gasteiger partial charge in [-0.3, -0.25) is 4.79 Å². The highest BCUT2D eigenvalue weighted by molar-refractivity contribution is 5.83. The van der Waals surface area contributed by atoms with Crippen LogP contribution in [0.2, 0.25) is 0 Å². The van der Waals surface area contributed by atoms with Gasteiger partial charge in [-0.05, 0) is 37.9 Å². The van der Waals surface area contributed by atoms with Crippen molar-refractivity contribution in [1.82, 2.24) is 9.80 Å². The molecule has 2 atom stereocenters. The number of rotatable bonds is 6. The van der Waals surface area contributed by atoms with Gasteiger partial charge in [0.15, 0.2) is 0 Å². The van der Waals surface area contributed by atoms with Crippen LogP contribution in [0.25, 0.3) is 0 Å². The Hall–Kier alpha value is -1.39. The predicted molar refractivity (Wildman–Crippen MR) is 90.6 cm³/mol. The van der Waals surface area contributed by atoms with Crippen molar-refractivity contribution < 1.29 is 4.79 Å². The van der Waals surface area contributed by atoms with E-state index in [0.717, 1.165) is 44.7 Å². The lowest BCUT2D eigenvalue weighted by Gasteiger charge is -2.24. The first kappa shape index (κ1) is 17.0. The molecule has 0 aliphatic carbocycles. The van der Waals surface area contributed by atoms with Crippen molar-refractivity contribution in [2.75, 3.05) is 32.7 Å². The first-order valence-corrected chi connectivity index (χ1v) is 8.38. The van der Waals surface area contributed by atoms with Crippen molar-refractivity contribution in [1.29, 1.82) is 0 Å². The minimum absolute atomic E-state index is 0.0610. The van der Waals surface area contributed by atoms with Crippen LogP contribution >= 0.6 is 0 Å². The van der Waals surface area contributed by atoms with Gasteiger partial charge in [0.1, 0.15) is 6.04 Å².